The number of piperidine rings is 1. The number of aromatic nitrogens is 1. The van der Waals surface area contributed by atoms with Crippen LogP contribution in [0, 0.1) is 0 Å². The summed E-state index contributed by atoms with van der Waals surface area (Å²) in [5.41, 5.74) is -3.01. The zero-order valence-electron chi connectivity index (χ0n) is 32.8. The first-order valence-electron chi connectivity index (χ1n) is 16.8. The lowest BCUT2D eigenvalue weighted by molar-refractivity contribution is 0.0946. The largest absolute Gasteiger partial charge is 0.506 e. The fourth-order valence-corrected chi connectivity index (χ4v) is 3.44. The van der Waals surface area contributed by atoms with Gasteiger partial charge in [0, 0.05) is 33.1 Å². The summed E-state index contributed by atoms with van der Waals surface area (Å²) in [5.74, 6) is -2.95. The lowest BCUT2D eigenvalue weighted by atomic mass is 10.1. The Morgan fingerprint density at radius 3 is 3.15 bits per heavy atom. The van der Waals surface area contributed by atoms with Crippen molar-refractivity contribution in [2.24, 2.45) is 0 Å². The molecule has 1 saturated heterocycles. The molecular weight excluding hydrogens is 386 g/mol. The molecule has 0 saturated carbocycles. The quantitative estimate of drug-likeness (QED) is 0.703. The molecule has 0 radical (unpaired) electrons. The van der Waals surface area contributed by atoms with Gasteiger partial charge in [-0.2, -0.15) is 0 Å². The second-order valence-corrected chi connectivity index (χ2v) is 6.79. The Balaban J connectivity index is 2.17. The van der Waals surface area contributed by atoms with Crippen molar-refractivity contribution in [2.75, 3.05) is 26.0 Å². The van der Waals surface area contributed by atoms with E-state index in [-0.39, 0.29) is 13.8 Å². The Morgan fingerprint density at radius 2 is 2.44 bits per heavy atom. The van der Waals surface area contributed by atoms with Crippen LogP contribution >= 0.6 is 22.9 Å². The highest BCUT2D eigenvalue weighted by atomic mass is 35.5. The molecule has 1 unspecified atom stereocenters. The standard InChI is InChI=1S/C19H26ClN3O3S/c1-12(2)23-18(26)15(16(24)13-11-14(20)27-19(13)23)17(25)21-7-6-10-22-8-4-3-5-9-22/h11-12,24H,3-10H2,1-2H3,(H,21,25)/i1D3,3D2,4D2,5D2,7D2,8D2,9D2,11D,12D/hD2. The van der Waals surface area contributed by atoms with Crippen LogP contribution in [-0.2, 0) is 0 Å². The minimum absolute atomic E-state index is 0.115. The van der Waals surface area contributed by atoms with E-state index in [1.807, 2.05) is 0 Å². The van der Waals surface area contributed by atoms with Gasteiger partial charge in [-0.25, -0.2) is 0 Å². The third-order valence-electron chi connectivity index (χ3n) is 3.38. The van der Waals surface area contributed by atoms with E-state index in [1.165, 1.54) is 0 Å². The lowest BCUT2D eigenvalue weighted by Gasteiger charge is -2.26. The van der Waals surface area contributed by atoms with Gasteiger partial charge in [-0.3, -0.25) is 14.2 Å². The van der Waals surface area contributed by atoms with Gasteiger partial charge < -0.3 is 15.3 Å². The summed E-state index contributed by atoms with van der Waals surface area (Å²) in [4.78, 5) is 26.7. The van der Waals surface area contributed by atoms with E-state index in [2.05, 4.69) is 5.11 Å². The summed E-state index contributed by atoms with van der Waals surface area (Å²) < 4.78 is 153. The first-order chi connectivity index (χ1) is 20.3. The van der Waals surface area contributed by atoms with Crippen molar-refractivity contribution in [1.82, 2.24) is 14.8 Å². The SMILES string of the molecule is [2H]Oc1c(C(=O)N([2H])C([2H])([2H])CCN2C([2H])([2H])C([2H])([2H])C([2H])([2H])C([2H])([2H])C2([2H])[2H])c(=O)n(C([2H])(C)C([2H])([2H])[2H])c2sc(Cl)c([2H])c12. The van der Waals surface area contributed by atoms with Gasteiger partial charge in [0.05, 0.1) is 12.5 Å². The average Bonchev–Trinajstić information content (AvgIpc) is 3.17. The minimum atomic E-state index is -3.74. The summed E-state index contributed by atoms with van der Waals surface area (Å²) in [6, 6.07) is -3.52. The molecule has 2 aromatic heterocycles. The fraction of sp³-hybridized carbons (Fsp3) is 0.579. The molecule has 3 heterocycles. The molecule has 148 valence electrons. The molecule has 27 heavy (non-hydrogen) atoms. The highest BCUT2D eigenvalue weighted by Gasteiger charge is 2.24. The summed E-state index contributed by atoms with van der Waals surface area (Å²) in [7, 11) is 0. The maximum absolute atomic E-state index is 13.7. The molecule has 0 bridgehead atoms. The van der Waals surface area contributed by atoms with Gasteiger partial charge in [-0.15, -0.1) is 11.3 Å². The average molecular weight is 431 g/mol. The third kappa shape index (κ3) is 4.31. The summed E-state index contributed by atoms with van der Waals surface area (Å²) in [6.45, 7) is -14.4. The van der Waals surface area contributed by atoms with E-state index in [0.29, 0.717) is 11.3 Å². The second-order valence-electron chi connectivity index (χ2n) is 5.19. The number of carbonyl (C=O) groups excluding carboxylic acids is 1. The molecule has 1 atom stereocenters. The van der Waals surface area contributed by atoms with E-state index in [4.69, 9.17) is 37.7 Å². The van der Waals surface area contributed by atoms with Crippen molar-refractivity contribution in [2.45, 2.75) is 45.3 Å². The molecule has 0 aliphatic carbocycles. The molecule has 1 aliphatic rings. The van der Waals surface area contributed by atoms with Crippen molar-refractivity contribution in [3.8, 4) is 5.75 Å². The summed E-state index contributed by atoms with van der Waals surface area (Å²) in [6.07, 6.45) is -12.5. The molecule has 0 aromatic carbocycles. The molecule has 1 aliphatic heterocycles. The van der Waals surface area contributed by atoms with Crippen LogP contribution in [0.4, 0.5) is 0 Å². The Kier molecular flexibility index (Phi) is 2.25. The highest BCUT2D eigenvalue weighted by Crippen LogP contribution is 2.36. The molecule has 1 fully saturated rings. The van der Waals surface area contributed by atoms with Crippen LogP contribution in [0.2, 0.25) is 5.75 Å². The predicted octanol–water partition coefficient (Wildman–Crippen LogP) is 3.61. The molecule has 6 nitrogen and oxygen atoms in total. The van der Waals surface area contributed by atoms with E-state index in [0.717, 1.165) is 6.92 Å². The lowest BCUT2D eigenvalue weighted by Crippen LogP contribution is -2.36. The van der Waals surface area contributed by atoms with Gasteiger partial charge >= 0.3 is 0 Å². The maximum Gasteiger partial charge on any atom is 0.293 e. The van der Waals surface area contributed by atoms with Crippen LogP contribution in [-0.4, -0.2) is 47.9 Å². The molecule has 2 N–H and O–H groups in total. The molecule has 0 spiro atoms. The van der Waals surface area contributed by atoms with Crippen molar-refractivity contribution >= 4 is 39.1 Å². The predicted molar refractivity (Wildman–Crippen MR) is 110 cm³/mol. The number of nitrogens with one attached hydrogen (secondary N) is 1. The van der Waals surface area contributed by atoms with Gasteiger partial charge in [0.25, 0.3) is 12.9 Å². The van der Waals surface area contributed by atoms with Crippen LogP contribution in [0.3, 0.4) is 0 Å². The normalized spacial score (nSPS) is 38.2. The minimum Gasteiger partial charge on any atom is -0.506 e. The Bertz CT molecular complexity index is 1590. The zero-order chi connectivity index (χ0) is 36.2. The number of amides is 1. The summed E-state index contributed by atoms with van der Waals surface area (Å²) in [5, 5.41) is 3.32. The van der Waals surface area contributed by atoms with Crippen molar-refractivity contribution in [3.05, 3.63) is 26.3 Å². The number of hydrogen-bond donors (Lipinski definition) is 2. The third-order valence-corrected chi connectivity index (χ3v) is 4.57. The van der Waals surface area contributed by atoms with Gasteiger partial charge in [-0.05, 0) is 58.5 Å². The van der Waals surface area contributed by atoms with Crippen molar-refractivity contribution in [1.29, 1.82) is 1.43 Å². The first-order valence-corrected chi connectivity index (χ1v) is 8.64. The number of fused-ring (bicyclic) bond motifs is 1. The highest BCUT2D eigenvalue weighted by molar-refractivity contribution is 7.22. The number of hydrogen-bond acceptors (Lipinski definition) is 5. The number of halogens is 1. The molecular formula is C19H26ClN3O3S. The zero-order valence-corrected chi connectivity index (χ0v) is 15.3. The number of pyridine rings is 1. The second kappa shape index (κ2) is 8.63. The molecule has 1 amide bonds. The van der Waals surface area contributed by atoms with Gasteiger partial charge in [-0.1, -0.05) is 18.0 Å². The first kappa shape index (κ1) is 7.04. The Hall–Kier alpha value is -1.57. The molecule has 2 aromatic rings. The van der Waals surface area contributed by atoms with Crippen molar-refractivity contribution in [3.63, 3.8) is 0 Å². The van der Waals surface area contributed by atoms with E-state index in [1.54, 1.807) is 0 Å². The van der Waals surface area contributed by atoms with Gasteiger partial charge in [0.1, 0.15) is 16.1 Å². The molecule has 8 heteroatoms. The van der Waals surface area contributed by atoms with Crippen LogP contribution < -0.4 is 10.9 Å². The number of rotatable bonds is 7. The van der Waals surface area contributed by atoms with Crippen LogP contribution in [0.25, 0.3) is 10.2 Å². The Morgan fingerprint density at radius 1 is 1.67 bits per heavy atom. The maximum atomic E-state index is 13.7. The topological polar surface area (TPSA) is 74.6 Å². The fourth-order valence-electron chi connectivity index (χ4n) is 2.25. The number of aromatic hydroxyl groups is 1. The van der Waals surface area contributed by atoms with E-state index < -0.39 is 109 Å². The van der Waals surface area contributed by atoms with Crippen molar-refractivity contribution < 1.29 is 34.6 Å². The smallest absolute Gasteiger partial charge is 0.293 e. The van der Waals surface area contributed by atoms with E-state index in [9.17, 15) is 9.59 Å². The van der Waals surface area contributed by atoms with Crippen LogP contribution in [0.15, 0.2) is 10.8 Å². The Labute approximate surface area is 194 Å². The summed E-state index contributed by atoms with van der Waals surface area (Å²) >= 11 is 6.46. The van der Waals surface area contributed by atoms with Gasteiger partial charge in [0.2, 0.25) is 0 Å². The van der Waals surface area contributed by atoms with E-state index >= 15 is 0 Å². The number of carbonyl (C=O) groups is 1. The molecule has 3 rings (SSSR count). The number of nitrogens with zero attached hydrogens (tertiary/aromatic N) is 2. The van der Waals surface area contributed by atoms with Crippen LogP contribution in [0.1, 0.15) is 79.0 Å². The van der Waals surface area contributed by atoms with Gasteiger partial charge in [0.15, 0.2) is 1.41 Å². The van der Waals surface area contributed by atoms with Crippen LogP contribution in [0.5, 0.6) is 5.75 Å². The number of thiophene rings is 1. The number of likely N-dealkylation sites (tertiary alicyclic amines) is 1. The monoisotopic (exact) mass is 430 g/mol.